The SMILES string of the molecule is CCC1CN(C(=O)C2CCC2C(=O)O)CCS1. The monoisotopic (exact) mass is 257 g/mol. The van der Waals surface area contributed by atoms with Crippen LogP contribution in [0.15, 0.2) is 0 Å². The molecular formula is C12H19NO3S. The molecule has 1 saturated carbocycles. The van der Waals surface area contributed by atoms with Crippen molar-refractivity contribution in [1.82, 2.24) is 4.90 Å². The molecule has 0 spiro atoms. The first-order valence-electron chi connectivity index (χ1n) is 6.26. The number of thioether (sulfide) groups is 1. The molecule has 5 heteroatoms. The van der Waals surface area contributed by atoms with E-state index in [2.05, 4.69) is 6.92 Å². The number of carbonyl (C=O) groups excluding carboxylic acids is 1. The van der Waals surface area contributed by atoms with Gasteiger partial charge in [0.1, 0.15) is 0 Å². The molecule has 2 aliphatic rings. The molecule has 17 heavy (non-hydrogen) atoms. The van der Waals surface area contributed by atoms with Gasteiger partial charge >= 0.3 is 5.97 Å². The van der Waals surface area contributed by atoms with E-state index in [1.54, 1.807) is 0 Å². The molecule has 4 nitrogen and oxygen atoms in total. The number of hydrogen-bond donors (Lipinski definition) is 1. The number of aliphatic carboxylic acids is 1. The number of carbonyl (C=O) groups is 2. The van der Waals surface area contributed by atoms with E-state index in [4.69, 9.17) is 5.11 Å². The molecule has 1 aliphatic heterocycles. The molecule has 0 radical (unpaired) electrons. The zero-order valence-electron chi connectivity index (χ0n) is 10.1. The second-order valence-corrected chi connectivity index (χ2v) is 6.22. The van der Waals surface area contributed by atoms with E-state index in [-0.39, 0.29) is 11.8 Å². The topological polar surface area (TPSA) is 57.6 Å². The van der Waals surface area contributed by atoms with Gasteiger partial charge in [-0.2, -0.15) is 11.8 Å². The Bertz CT molecular complexity index is 321. The quantitative estimate of drug-likeness (QED) is 0.831. The molecule has 2 rings (SSSR count). The molecule has 3 unspecified atom stereocenters. The molecule has 0 aromatic carbocycles. The summed E-state index contributed by atoms with van der Waals surface area (Å²) >= 11 is 1.92. The van der Waals surface area contributed by atoms with Gasteiger partial charge in [-0.25, -0.2) is 0 Å². The van der Waals surface area contributed by atoms with Crippen LogP contribution in [-0.4, -0.2) is 46.0 Å². The van der Waals surface area contributed by atoms with Crippen molar-refractivity contribution in [3.63, 3.8) is 0 Å². The highest BCUT2D eigenvalue weighted by atomic mass is 32.2. The number of hydrogen-bond acceptors (Lipinski definition) is 3. The van der Waals surface area contributed by atoms with E-state index >= 15 is 0 Å². The Labute approximate surface area is 106 Å². The molecule has 0 aromatic heterocycles. The summed E-state index contributed by atoms with van der Waals surface area (Å²) in [5, 5.41) is 9.50. The molecule has 0 aromatic rings. The van der Waals surface area contributed by atoms with Crippen molar-refractivity contribution >= 4 is 23.6 Å². The van der Waals surface area contributed by atoms with E-state index in [1.165, 1.54) is 0 Å². The fraction of sp³-hybridized carbons (Fsp3) is 0.833. The number of rotatable bonds is 3. The van der Waals surface area contributed by atoms with Gasteiger partial charge in [-0.1, -0.05) is 6.92 Å². The molecule has 1 saturated heterocycles. The van der Waals surface area contributed by atoms with E-state index < -0.39 is 11.9 Å². The minimum atomic E-state index is -0.812. The van der Waals surface area contributed by atoms with Gasteiger partial charge in [0, 0.05) is 24.1 Å². The van der Waals surface area contributed by atoms with Gasteiger partial charge in [0.2, 0.25) is 5.91 Å². The molecular weight excluding hydrogens is 238 g/mol. The summed E-state index contributed by atoms with van der Waals surface area (Å²) in [6, 6.07) is 0. The van der Waals surface area contributed by atoms with Gasteiger partial charge in [0.05, 0.1) is 11.8 Å². The maximum atomic E-state index is 12.2. The predicted molar refractivity (Wildman–Crippen MR) is 67.0 cm³/mol. The Hall–Kier alpha value is -0.710. The molecule has 1 heterocycles. The average molecular weight is 257 g/mol. The van der Waals surface area contributed by atoms with Crippen molar-refractivity contribution in [3.05, 3.63) is 0 Å². The molecule has 1 amide bonds. The molecule has 1 aliphatic carbocycles. The van der Waals surface area contributed by atoms with Crippen molar-refractivity contribution in [2.24, 2.45) is 11.8 Å². The second-order valence-electron chi connectivity index (χ2n) is 4.81. The van der Waals surface area contributed by atoms with Crippen LogP contribution in [0.3, 0.4) is 0 Å². The fourth-order valence-electron chi connectivity index (χ4n) is 2.49. The summed E-state index contributed by atoms with van der Waals surface area (Å²) in [4.78, 5) is 25.0. The molecule has 96 valence electrons. The summed E-state index contributed by atoms with van der Waals surface area (Å²) < 4.78 is 0. The Balaban J connectivity index is 1.93. The van der Waals surface area contributed by atoms with Crippen LogP contribution in [0.5, 0.6) is 0 Å². The normalized spacial score (nSPS) is 33.0. The highest BCUT2D eigenvalue weighted by Crippen LogP contribution is 2.36. The van der Waals surface area contributed by atoms with Crippen LogP contribution in [0.2, 0.25) is 0 Å². The summed E-state index contributed by atoms with van der Waals surface area (Å²) in [6.07, 6.45) is 2.48. The maximum Gasteiger partial charge on any atom is 0.307 e. The molecule has 1 N–H and O–H groups in total. The Morgan fingerprint density at radius 3 is 2.59 bits per heavy atom. The zero-order chi connectivity index (χ0) is 12.4. The summed E-state index contributed by atoms with van der Waals surface area (Å²) in [5.41, 5.74) is 0. The molecule has 2 fully saturated rings. The van der Waals surface area contributed by atoms with Gasteiger partial charge in [0.25, 0.3) is 0 Å². The van der Waals surface area contributed by atoms with Gasteiger partial charge < -0.3 is 10.0 Å². The predicted octanol–water partition coefficient (Wildman–Crippen LogP) is 1.45. The highest BCUT2D eigenvalue weighted by Gasteiger charge is 2.43. The van der Waals surface area contributed by atoms with Crippen LogP contribution < -0.4 is 0 Å². The van der Waals surface area contributed by atoms with Crippen LogP contribution in [-0.2, 0) is 9.59 Å². The third kappa shape index (κ3) is 2.59. The van der Waals surface area contributed by atoms with E-state index in [9.17, 15) is 9.59 Å². The first-order valence-corrected chi connectivity index (χ1v) is 7.31. The Morgan fingerprint density at radius 2 is 2.06 bits per heavy atom. The van der Waals surface area contributed by atoms with Crippen LogP contribution in [0.4, 0.5) is 0 Å². The van der Waals surface area contributed by atoms with Crippen molar-refractivity contribution in [1.29, 1.82) is 0 Å². The Kier molecular flexibility index (Phi) is 3.97. The van der Waals surface area contributed by atoms with Gasteiger partial charge in [-0.15, -0.1) is 0 Å². The number of carboxylic acid groups (broad SMARTS) is 1. The Morgan fingerprint density at radius 1 is 1.35 bits per heavy atom. The van der Waals surface area contributed by atoms with Gasteiger partial charge in [-0.3, -0.25) is 9.59 Å². The highest BCUT2D eigenvalue weighted by molar-refractivity contribution is 8.00. The maximum absolute atomic E-state index is 12.2. The lowest BCUT2D eigenvalue weighted by molar-refractivity contribution is -0.156. The number of amides is 1. The van der Waals surface area contributed by atoms with Crippen molar-refractivity contribution in [2.45, 2.75) is 31.4 Å². The van der Waals surface area contributed by atoms with Gasteiger partial charge in [0.15, 0.2) is 0 Å². The third-order valence-electron chi connectivity index (χ3n) is 3.81. The lowest BCUT2D eigenvalue weighted by atomic mass is 9.73. The second kappa shape index (κ2) is 5.29. The van der Waals surface area contributed by atoms with E-state index in [0.29, 0.717) is 11.7 Å². The zero-order valence-corrected chi connectivity index (χ0v) is 10.9. The van der Waals surface area contributed by atoms with Crippen LogP contribution in [0, 0.1) is 11.8 Å². The number of nitrogens with zero attached hydrogens (tertiary/aromatic N) is 1. The minimum absolute atomic E-state index is 0.0717. The molecule has 0 bridgehead atoms. The minimum Gasteiger partial charge on any atom is -0.481 e. The number of carboxylic acids is 1. The van der Waals surface area contributed by atoms with E-state index in [1.807, 2.05) is 16.7 Å². The van der Waals surface area contributed by atoms with Crippen LogP contribution >= 0.6 is 11.8 Å². The fourth-order valence-corrected chi connectivity index (χ4v) is 3.67. The lowest BCUT2D eigenvalue weighted by Crippen LogP contribution is -2.50. The van der Waals surface area contributed by atoms with Gasteiger partial charge in [-0.05, 0) is 19.3 Å². The molecule has 3 atom stereocenters. The van der Waals surface area contributed by atoms with Crippen LogP contribution in [0.25, 0.3) is 0 Å². The largest absolute Gasteiger partial charge is 0.481 e. The van der Waals surface area contributed by atoms with Crippen molar-refractivity contribution in [3.8, 4) is 0 Å². The van der Waals surface area contributed by atoms with E-state index in [0.717, 1.165) is 31.7 Å². The average Bonchev–Trinajstić information content (AvgIpc) is 2.26. The van der Waals surface area contributed by atoms with Crippen molar-refractivity contribution < 1.29 is 14.7 Å². The first kappa shape index (κ1) is 12.7. The first-order chi connectivity index (χ1) is 8.13. The van der Waals surface area contributed by atoms with Crippen LogP contribution in [0.1, 0.15) is 26.2 Å². The third-order valence-corrected chi connectivity index (χ3v) is 5.19. The van der Waals surface area contributed by atoms with Crippen molar-refractivity contribution in [2.75, 3.05) is 18.8 Å². The smallest absolute Gasteiger partial charge is 0.307 e. The summed E-state index contributed by atoms with van der Waals surface area (Å²) in [6.45, 7) is 3.71. The lowest BCUT2D eigenvalue weighted by Gasteiger charge is -2.39. The summed E-state index contributed by atoms with van der Waals surface area (Å²) in [5.74, 6) is -0.449. The summed E-state index contributed by atoms with van der Waals surface area (Å²) in [7, 11) is 0. The standard InChI is InChI=1S/C12H19NO3S/c1-2-8-7-13(5-6-17-8)11(14)9-3-4-10(9)12(15)16/h8-10H,2-7H2,1H3,(H,15,16).